The average Bonchev–Trinajstić information content (AvgIpc) is 2.51. The van der Waals surface area contributed by atoms with Crippen molar-refractivity contribution in [3.63, 3.8) is 0 Å². The molecular weight excluding hydrogens is 479 g/mol. The van der Waals surface area contributed by atoms with Crippen molar-refractivity contribution in [3.05, 3.63) is 29.8 Å². The molecule has 0 aliphatic carbocycles. The molecule has 1 aromatic carbocycles. The number of rotatable bonds is 9. The fourth-order valence-electron chi connectivity index (χ4n) is 2.03. The Morgan fingerprint density at radius 1 is 1.31 bits per heavy atom. The van der Waals surface area contributed by atoms with Crippen LogP contribution in [0.4, 0.5) is 8.78 Å². The van der Waals surface area contributed by atoms with E-state index in [2.05, 4.69) is 20.4 Å². The number of benzene rings is 1. The molecule has 0 heterocycles. The molecule has 0 radical (unpaired) electrons. The fourth-order valence-corrected chi connectivity index (χ4v) is 2.81. The summed E-state index contributed by atoms with van der Waals surface area (Å²) in [5, 5.41) is 6.15. The summed E-state index contributed by atoms with van der Waals surface area (Å²) < 4.78 is 51.8. The molecule has 1 aromatic rings. The van der Waals surface area contributed by atoms with Crippen LogP contribution in [0.5, 0.6) is 5.75 Å². The number of ether oxygens (including phenoxy) is 1. The summed E-state index contributed by atoms with van der Waals surface area (Å²) in [4.78, 5) is 4.36. The molecule has 0 saturated heterocycles. The topological polar surface area (TPSA) is 79.8 Å². The Morgan fingerprint density at radius 3 is 2.54 bits per heavy atom. The van der Waals surface area contributed by atoms with E-state index < -0.39 is 16.4 Å². The fraction of sp³-hybridized carbons (Fsp3) is 0.562. The van der Waals surface area contributed by atoms with Gasteiger partial charge in [-0.2, -0.15) is 8.78 Å². The van der Waals surface area contributed by atoms with Crippen molar-refractivity contribution in [3.8, 4) is 5.75 Å². The lowest BCUT2D eigenvalue weighted by Crippen LogP contribution is -2.42. The van der Waals surface area contributed by atoms with Crippen LogP contribution in [0.3, 0.4) is 0 Å². The Morgan fingerprint density at radius 2 is 1.96 bits per heavy atom. The summed E-state index contributed by atoms with van der Waals surface area (Å²) >= 11 is 0. The van der Waals surface area contributed by atoms with Gasteiger partial charge in [0.15, 0.2) is 5.96 Å². The first-order valence-corrected chi connectivity index (χ1v) is 10.0. The van der Waals surface area contributed by atoms with E-state index in [-0.39, 0.29) is 48.1 Å². The molecular formula is C16H26F2IN3O3S. The van der Waals surface area contributed by atoms with Gasteiger partial charge in [0.2, 0.25) is 0 Å². The third-order valence-corrected chi connectivity index (χ3v) is 4.22. The Balaban J connectivity index is 0.00000625. The number of hydrogen-bond donors (Lipinski definition) is 2. The first-order valence-electron chi connectivity index (χ1n) is 7.96. The highest BCUT2D eigenvalue weighted by Gasteiger charge is 2.11. The zero-order valence-corrected chi connectivity index (χ0v) is 18.2. The van der Waals surface area contributed by atoms with Gasteiger partial charge in [-0.05, 0) is 26.3 Å². The van der Waals surface area contributed by atoms with Crippen molar-refractivity contribution in [2.45, 2.75) is 39.5 Å². The summed E-state index contributed by atoms with van der Waals surface area (Å²) in [6.07, 6.45) is 1.63. The predicted octanol–water partition coefficient (Wildman–Crippen LogP) is 2.78. The molecule has 0 aliphatic rings. The maximum Gasteiger partial charge on any atom is 0.387 e. The largest absolute Gasteiger partial charge is 0.434 e. The van der Waals surface area contributed by atoms with E-state index in [1.807, 2.05) is 13.8 Å². The molecule has 0 fully saturated rings. The first kappa shape index (κ1) is 24.8. The van der Waals surface area contributed by atoms with E-state index in [0.29, 0.717) is 24.5 Å². The van der Waals surface area contributed by atoms with Crippen molar-refractivity contribution in [1.29, 1.82) is 0 Å². The second kappa shape index (κ2) is 12.3. The van der Waals surface area contributed by atoms with Crippen molar-refractivity contribution < 1.29 is 21.9 Å². The van der Waals surface area contributed by atoms with Gasteiger partial charge in [-0.15, -0.1) is 24.0 Å². The zero-order chi connectivity index (χ0) is 18.9. The Hall–Kier alpha value is -1.17. The summed E-state index contributed by atoms with van der Waals surface area (Å²) in [7, 11) is -3.03. The quantitative estimate of drug-likeness (QED) is 0.307. The van der Waals surface area contributed by atoms with Crippen LogP contribution in [0, 0.1) is 0 Å². The molecule has 0 amide bonds. The van der Waals surface area contributed by atoms with Crippen LogP contribution in [-0.2, 0) is 16.4 Å². The molecule has 6 nitrogen and oxygen atoms in total. The highest BCUT2D eigenvalue weighted by atomic mass is 127. The summed E-state index contributed by atoms with van der Waals surface area (Å²) in [5.41, 5.74) is 0.531. The SMILES string of the molecule is CCNC(=NCc1ccccc1OC(F)F)NC(C)CCS(C)(=O)=O.I. The lowest BCUT2D eigenvalue weighted by molar-refractivity contribution is -0.0504. The summed E-state index contributed by atoms with van der Waals surface area (Å²) in [6, 6.07) is 6.35. The standard InChI is InChI=1S/C16H25F2N3O3S.HI/c1-4-19-16(21-12(2)9-10-25(3,22)23)20-11-13-7-5-6-8-14(13)24-15(17)18;/h5-8,12,15H,4,9-11H2,1-3H3,(H2,19,20,21);1H. The molecule has 0 saturated carbocycles. The third kappa shape index (κ3) is 10.7. The summed E-state index contributed by atoms with van der Waals surface area (Å²) in [6.45, 7) is 1.61. The maximum absolute atomic E-state index is 12.4. The van der Waals surface area contributed by atoms with Crippen LogP contribution in [0.15, 0.2) is 29.3 Å². The number of hydrogen-bond acceptors (Lipinski definition) is 4. The van der Waals surface area contributed by atoms with Gasteiger partial charge in [-0.3, -0.25) is 0 Å². The van der Waals surface area contributed by atoms with E-state index in [4.69, 9.17) is 0 Å². The van der Waals surface area contributed by atoms with Crippen molar-refractivity contribution in [2.24, 2.45) is 4.99 Å². The molecule has 150 valence electrons. The van der Waals surface area contributed by atoms with E-state index in [0.717, 1.165) is 0 Å². The van der Waals surface area contributed by atoms with Crippen LogP contribution >= 0.6 is 24.0 Å². The monoisotopic (exact) mass is 505 g/mol. The first-order chi connectivity index (χ1) is 11.7. The Kier molecular flexibility index (Phi) is 11.7. The molecule has 0 aliphatic heterocycles. The van der Waals surface area contributed by atoms with E-state index >= 15 is 0 Å². The lowest BCUT2D eigenvalue weighted by Gasteiger charge is -2.17. The van der Waals surface area contributed by atoms with Crippen molar-refractivity contribution in [2.75, 3.05) is 18.6 Å². The number of alkyl halides is 2. The maximum atomic E-state index is 12.4. The minimum absolute atomic E-state index is 0. The van der Waals surface area contributed by atoms with Gasteiger partial charge in [0.25, 0.3) is 0 Å². The van der Waals surface area contributed by atoms with Gasteiger partial charge in [-0.1, -0.05) is 18.2 Å². The van der Waals surface area contributed by atoms with Crippen LogP contribution in [0.1, 0.15) is 25.8 Å². The van der Waals surface area contributed by atoms with Gasteiger partial charge in [0.05, 0.1) is 12.3 Å². The van der Waals surface area contributed by atoms with Crippen LogP contribution < -0.4 is 15.4 Å². The minimum atomic E-state index is -3.03. The van der Waals surface area contributed by atoms with Crippen LogP contribution in [0.2, 0.25) is 0 Å². The van der Waals surface area contributed by atoms with Crippen LogP contribution in [0.25, 0.3) is 0 Å². The number of halogens is 3. The molecule has 0 aromatic heterocycles. The molecule has 2 N–H and O–H groups in total. The van der Waals surface area contributed by atoms with Crippen LogP contribution in [-0.4, -0.2) is 45.6 Å². The van der Waals surface area contributed by atoms with Gasteiger partial charge in [-0.25, -0.2) is 13.4 Å². The molecule has 10 heteroatoms. The number of aliphatic imine (C=N–C) groups is 1. The average molecular weight is 505 g/mol. The molecule has 0 bridgehead atoms. The smallest absolute Gasteiger partial charge is 0.387 e. The molecule has 26 heavy (non-hydrogen) atoms. The summed E-state index contributed by atoms with van der Waals surface area (Å²) in [5.74, 6) is 0.642. The molecule has 1 unspecified atom stereocenters. The van der Waals surface area contributed by atoms with Gasteiger partial charge < -0.3 is 15.4 Å². The van der Waals surface area contributed by atoms with Crippen molar-refractivity contribution >= 4 is 39.8 Å². The van der Waals surface area contributed by atoms with Gasteiger partial charge in [0.1, 0.15) is 15.6 Å². The number of nitrogens with zero attached hydrogens (tertiary/aromatic N) is 1. The lowest BCUT2D eigenvalue weighted by atomic mass is 10.2. The number of nitrogens with one attached hydrogen (secondary N) is 2. The molecule has 1 rings (SSSR count). The van der Waals surface area contributed by atoms with E-state index in [1.165, 1.54) is 12.3 Å². The van der Waals surface area contributed by atoms with E-state index in [9.17, 15) is 17.2 Å². The van der Waals surface area contributed by atoms with E-state index in [1.54, 1.807) is 18.2 Å². The number of para-hydroxylation sites is 1. The zero-order valence-electron chi connectivity index (χ0n) is 15.0. The Labute approximate surface area is 170 Å². The second-order valence-corrected chi connectivity index (χ2v) is 7.91. The van der Waals surface area contributed by atoms with Gasteiger partial charge >= 0.3 is 6.61 Å². The highest BCUT2D eigenvalue weighted by molar-refractivity contribution is 14.0. The minimum Gasteiger partial charge on any atom is -0.434 e. The van der Waals surface area contributed by atoms with Gasteiger partial charge in [0, 0.05) is 24.4 Å². The molecule has 1 atom stereocenters. The Bertz CT molecular complexity index is 672. The molecule has 0 spiro atoms. The number of guanidine groups is 1. The van der Waals surface area contributed by atoms with Crippen molar-refractivity contribution in [1.82, 2.24) is 10.6 Å². The third-order valence-electron chi connectivity index (χ3n) is 3.25. The second-order valence-electron chi connectivity index (χ2n) is 5.65. The highest BCUT2D eigenvalue weighted by Crippen LogP contribution is 2.20. The number of sulfone groups is 1. The predicted molar refractivity (Wildman–Crippen MR) is 110 cm³/mol. The normalized spacial score (nSPS) is 13.1.